The third kappa shape index (κ3) is 3.47. The molecule has 1 fully saturated rings. The van der Waals surface area contributed by atoms with Crippen molar-refractivity contribution in [3.8, 4) is 17.2 Å². The number of aromatic hydroxyl groups is 1. The second kappa shape index (κ2) is 7.85. The summed E-state index contributed by atoms with van der Waals surface area (Å²) in [4.78, 5) is 25.5. The van der Waals surface area contributed by atoms with Crippen LogP contribution in [0.2, 0.25) is 0 Å². The first-order valence-corrected chi connectivity index (χ1v) is 10.1. The molecule has 3 N–H and O–H groups in total. The van der Waals surface area contributed by atoms with Crippen molar-refractivity contribution in [1.29, 1.82) is 0 Å². The minimum atomic E-state index is -0.446. The van der Waals surface area contributed by atoms with Gasteiger partial charge in [-0.15, -0.1) is 0 Å². The largest absolute Gasteiger partial charge is 0.502 e. The second-order valence-corrected chi connectivity index (χ2v) is 7.80. The van der Waals surface area contributed by atoms with Crippen molar-refractivity contribution in [2.75, 3.05) is 19.5 Å². The molecule has 1 aliphatic heterocycles. The molecule has 0 bridgehead atoms. The van der Waals surface area contributed by atoms with Gasteiger partial charge < -0.3 is 19.9 Å². The summed E-state index contributed by atoms with van der Waals surface area (Å²) < 4.78 is 12.4. The zero-order valence-corrected chi connectivity index (χ0v) is 16.8. The summed E-state index contributed by atoms with van der Waals surface area (Å²) in [5.41, 5.74) is 1.04. The number of fused-ring (bicyclic) bond motifs is 1. The average Bonchev–Trinajstić information content (AvgIpc) is 2.88. The predicted octanol–water partition coefficient (Wildman–Crippen LogP) is 3.27. The highest BCUT2D eigenvalue weighted by molar-refractivity contribution is 5.94. The first-order valence-electron chi connectivity index (χ1n) is 10.1. The Morgan fingerprint density at radius 2 is 1.66 bits per heavy atom. The van der Waals surface area contributed by atoms with Gasteiger partial charge in [0.15, 0.2) is 11.5 Å². The number of nitrogens with zero attached hydrogens (tertiary/aromatic N) is 1. The van der Waals surface area contributed by atoms with E-state index in [1.807, 2.05) is 4.68 Å². The van der Waals surface area contributed by atoms with Gasteiger partial charge in [0.1, 0.15) is 5.82 Å². The molecule has 4 rings (SSSR count). The molecule has 2 aliphatic rings. The Bertz CT molecular complexity index is 944. The van der Waals surface area contributed by atoms with E-state index < -0.39 is 5.92 Å². The maximum absolute atomic E-state index is 12.9. The van der Waals surface area contributed by atoms with E-state index in [2.05, 4.69) is 10.4 Å². The lowest BCUT2D eigenvalue weighted by Crippen LogP contribution is -2.27. The number of carbonyl (C=O) groups is 1. The summed E-state index contributed by atoms with van der Waals surface area (Å²) in [5.74, 6) is 0.351. The van der Waals surface area contributed by atoms with Gasteiger partial charge in [-0.3, -0.25) is 19.4 Å². The van der Waals surface area contributed by atoms with Gasteiger partial charge in [0.2, 0.25) is 11.7 Å². The fourth-order valence-electron chi connectivity index (χ4n) is 4.57. The number of carbonyl (C=O) groups excluding carboxylic acids is 1. The molecule has 1 atom stereocenters. The van der Waals surface area contributed by atoms with E-state index in [-0.39, 0.29) is 41.2 Å². The molecule has 0 spiro atoms. The number of phenols is 1. The number of aromatic nitrogens is 2. The van der Waals surface area contributed by atoms with E-state index in [0.29, 0.717) is 16.9 Å². The minimum Gasteiger partial charge on any atom is -0.502 e. The van der Waals surface area contributed by atoms with Crippen LogP contribution in [0.3, 0.4) is 0 Å². The first kappa shape index (κ1) is 19.4. The number of nitrogens with one attached hydrogen (secondary N) is 2. The molecule has 1 saturated carbocycles. The van der Waals surface area contributed by atoms with Crippen molar-refractivity contribution in [3.05, 3.63) is 33.6 Å². The van der Waals surface area contributed by atoms with Crippen LogP contribution in [0.15, 0.2) is 16.9 Å². The van der Waals surface area contributed by atoms with E-state index in [9.17, 15) is 14.7 Å². The summed E-state index contributed by atoms with van der Waals surface area (Å²) in [6.07, 6.45) is 6.74. The first-order chi connectivity index (χ1) is 14.0. The second-order valence-electron chi connectivity index (χ2n) is 7.80. The van der Waals surface area contributed by atoms with Crippen LogP contribution < -0.4 is 20.3 Å². The van der Waals surface area contributed by atoms with Crippen LogP contribution in [0.1, 0.15) is 68.0 Å². The summed E-state index contributed by atoms with van der Waals surface area (Å²) in [6, 6.07) is 3.50. The molecule has 0 radical (unpaired) electrons. The van der Waals surface area contributed by atoms with Crippen LogP contribution in [0, 0.1) is 0 Å². The van der Waals surface area contributed by atoms with Gasteiger partial charge in [0, 0.05) is 12.3 Å². The molecule has 8 heteroatoms. The number of amides is 1. The minimum absolute atomic E-state index is 0.107. The van der Waals surface area contributed by atoms with E-state index in [4.69, 9.17) is 9.47 Å². The number of rotatable bonds is 4. The zero-order chi connectivity index (χ0) is 20.5. The summed E-state index contributed by atoms with van der Waals surface area (Å²) in [6.45, 7) is 0. The van der Waals surface area contributed by atoms with Crippen LogP contribution in [-0.2, 0) is 4.79 Å². The zero-order valence-electron chi connectivity index (χ0n) is 16.8. The van der Waals surface area contributed by atoms with E-state index in [0.717, 1.165) is 25.7 Å². The van der Waals surface area contributed by atoms with Crippen LogP contribution in [0.25, 0.3) is 0 Å². The Hall–Kier alpha value is -2.90. The molecule has 156 valence electrons. The van der Waals surface area contributed by atoms with Gasteiger partial charge in [-0.2, -0.15) is 0 Å². The Balaban J connectivity index is 1.81. The molecule has 2 aromatic rings. The van der Waals surface area contributed by atoms with Crippen molar-refractivity contribution in [1.82, 2.24) is 9.78 Å². The lowest BCUT2D eigenvalue weighted by atomic mass is 9.86. The van der Waals surface area contributed by atoms with Crippen LogP contribution in [-0.4, -0.2) is 35.0 Å². The molecule has 8 nitrogen and oxygen atoms in total. The summed E-state index contributed by atoms with van der Waals surface area (Å²) in [7, 11) is 2.90. The van der Waals surface area contributed by atoms with Gasteiger partial charge >= 0.3 is 0 Å². The normalized spacial score (nSPS) is 19.9. The van der Waals surface area contributed by atoms with Gasteiger partial charge in [-0.25, -0.2) is 0 Å². The van der Waals surface area contributed by atoms with E-state index in [1.54, 1.807) is 12.1 Å². The van der Waals surface area contributed by atoms with Crippen molar-refractivity contribution < 1.29 is 19.4 Å². The topological polar surface area (TPSA) is 106 Å². The molecule has 0 saturated heterocycles. The van der Waals surface area contributed by atoms with Gasteiger partial charge in [0.25, 0.3) is 5.56 Å². The molecule has 1 aromatic carbocycles. The number of ether oxygens (including phenoxy) is 2. The highest BCUT2D eigenvalue weighted by Gasteiger charge is 2.35. The number of H-pyrrole nitrogens is 1. The fourth-order valence-corrected chi connectivity index (χ4v) is 4.57. The van der Waals surface area contributed by atoms with Crippen molar-refractivity contribution >= 4 is 11.7 Å². The number of anilines is 1. The quantitative estimate of drug-likeness (QED) is 0.682. The lowest BCUT2D eigenvalue weighted by molar-refractivity contribution is -0.116. The van der Waals surface area contributed by atoms with Gasteiger partial charge in [0.05, 0.1) is 25.8 Å². The number of methoxy groups -OCH3 is 2. The monoisotopic (exact) mass is 401 g/mol. The van der Waals surface area contributed by atoms with Crippen LogP contribution in [0.4, 0.5) is 5.82 Å². The number of phenolic OH excluding ortho intramolecular Hbond substituents is 1. The number of hydrogen-bond acceptors (Lipinski definition) is 5. The Morgan fingerprint density at radius 1 is 1.03 bits per heavy atom. The summed E-state index contributed by atoms with van der Waals surface area (Å²) >= 11 is 0. The van der Waals surface area contributed by atoms with Crippen molar-refractivity contribution in [3.63, 3.8) is 0 Å². The van der Waals surface area contributed by atoms with E-state index in [1.165, 1.54) is 27.1 Å². The Kier molecular flexibility index (Phi) is 5.25. The molecule has 1 aliphatic carbocycles. The lowest BCUT2D eigenvalue weighted by Gasteiger charge is -2.26. The van der Waals surface area contributed by atoms with Crippen LogP contribution >= 0.6 is 0 Å². The standard InChI is InChI=1S/C21H27N3O5/c1-28-15-9-12(10-16(29-2)19(15)26)14-11-17(25)22-20-18(14)21(27)23-24(20)13-7-5-3-4-6-8-13/h9-10,13-14,26H,3-8,11H2,1-2H3,(H,22,25)(H,23,27)/t14-/m1/s1. The van der Waals surface area contributed by atoms with Crippen molar-refractivity contribution in [2.45, 2.75) is 56.9 Å². The SMILES string of the molecule is COc1cc([C@H]2CC(=O)Nc3c2c(=O)[nH]n3C2CCCCCC2)cc(OC)c1O. The number of hydrogen-bond donors (Lipinski definition) is 3. The predicted molar refractivity (Wildman–Crippen MR) is 108 cm³/mol. The molecular formula is C21H27N3O5. The molecule has 1 aromatic heterocycles. The molecule has 2 heterocycles. The molecular weight excluding hydrogens is 374 g/mol. The number of benzene rings is 1. The third-order valence-electron chi connectivity index (χ3n) is 6.05. The van der Waals surface area contributed by atoms with Gasteiger partial charge in [-0.1, -0.05) is 25.7 Å². The van der Waals surface area contributed by atoms with Gasteiger partial charge in [-0.05, 0) is 30.5 Å². The highest BCUT2D eigenvalue weighted by atomic mass is 16.5. The molecule has 29 heavy (non-hydrogen) atoms. The smallest absolute Gasteiger partial charge is 0.270 e. The van der Waals surface area contributed by atoms with E-state index >= 15 is 0 Å². The van der Waals surface area contributed by atoms with Crippen molar-refractivity contribution in [2.24, 2.45) is 0 Å². The maximum atomic E-state index is 12.9. The molecule has 0 unspecified atom stereocenters. The average molecular weight is 401 g/mol. The Morgan fingerprint density at radius 3 is 2.24 bits per heavy atom. The third-order valence-corrected chi connectivity index (χ3v) is 6.05. The van der Waals surface area contributed by atoms with Crippen LogP contribution in [0.5, 0.6) is 17.2 Å². The summed E-state index contributed by atoms with van der Waals surface area (Å²) in [5, 5.41) is 16.1. The maximum Gasteiger partial charge on any atom is 0.270 e. The fraction of sp³-hybridized carbons (Fsp3) is 0.524. The highest BCUT2D eigenvalue weighted by Crippen LogP contribution is 2.44. The number of aromatic amines is 1. The Labute approximate surface area is 168 Å². The molecule has 1 amide bonds.